The summed E-state index contributed by atoms with van der Waals surface area (Å²) >= 11 is 0. The predicted octanol–water partition coefficient (Wildman–Crippen LogP) is 1.73. The summed E-state index contributed by atoms with van der Waals surface area (Å²) < 4.78 is 0. The molecule has 2 atom stereocenters. The molecule has 4 heteroatoms. The Kier molecular flexibility index (Phi) is 4.93. The van der Waals surface area contributed by atoms with Gasteiger partial charge in [0.25, 0.3) is 0 Å². The van der Waals surface area contributed by atoms with Gasteiger partial charge in [-0.1, -0.05) is 30.3 Å². The molecule has 2 N–H and O–H groups in total. The maximum absolute atomic E-state index is 10.6. The van der Waals surface area contributed by atoms with Crippen LogP contribution in [-0.2, 0) is 11.3 Å². The molecular weight excluding hydrogens is 242 g/mol. The topological polar surface area (TPSA) is 60.8 Å². The number of hydrogen-bond acceptors (Lipinski definition) is 3. The molecular formula is C15H21NO3. The molecule has 0 aromatic heterocycles. The number of rotatable bonds is 5. The predicted molar refractivity (Wildman–Crippen MR) is 72.7 cm³/mol. The Morgan fingerprint density at radius 2 is 2.05 bits per heavy atom. The number of carboxylic acids is 1. The first-order valence-electron chi connectivity index (χ1n) is 6.81. The number of aliphatic carboxylic acids is 1. The second-order valence-electron chi connectivity index (χ2n) is 5.27. The molecule has 4 nitrogen and oxygen atoms in total. The molecule has 0 amide bonds. The first kappa shape index (κ1) is 14.0. The monoisotopic (exact) mass is 263 g/mol. The lowest BCUT2D eigenvalue weighted by Gasteiger charge is -2.36. The third-order valence-electron chi connectivity index (χ3n) is 3.76. The van der Waals surface area contributed by atoms with Crippen molar-refractivity contribution in [1.29, 1.82) is 0 Å². The van der Waals surface area contributed by atoms with Crippen molar-refractivity contribution in [2.45, 2.75) is 31.9 Å². The van der Waals surface area contributed by atoms with E-state index in [9.17, 15) is 9.90 Å². The van der Waals surface area contributed by atoms with Crippen molar-refractivity contribution >= 4 is 5.97 Å². The molecule has 1 aromatic carbocycles. The average Bonchev–Trinajstić information content (AvgIpc) is 2.40. The third kappa shape index (κ3) is 4.33. The molecule has 0 saturated carbocycles. The van der Waals surface area contributed by atoms with Crippen LogP contribution in [-0.4, -0.2) is 40.3 Å². The fraction of sp³-hybridized carbons (Fsp3) is 0.533. The normalized spacial score (nSPS) is 24.3. The Labute approximate surface area is 113 Å². The van der Waals surface area contributed by atoms with Gasteiger partial charge in [-0.2, -0.15) is 0 Å². The van der Waals surface area contributed by atoms with E-state index in [4.69, 9.17) is 5.11 Å². The Balaban J connectivity index is 1.88. The molecule has 2 rings (SSSR count). The van der Waals surface area contributed by atoms with E-state index >= 15 is 0 Å². The fourth-order valence-electron chi connectivity index (χ4n) is 2.67. The van der Waals surface area contributed by atoms with E-state index in [0.29, 0.717) is 6.42 Å². The average molecular weight is 263 g/mol. The van der Waals surface area contributed by atoms with Crippen LogP contribution in [0.3, 0.4) is 0 Å². The van der Waals surface area contributed by atoms with Gasteiger partial charge in [0.05, 0.1) is 6.10 Å². The van der Waals surface area contributed by atoms with Gasteiger partial charge in [-0.05, 0) is 24.3 Å². The van der Waals surface area contributed by atoms with Gasteiger partial charge in [0.1, 0.15) is 0 Å². The Hall–Kier alpha value is -1.39. The van der Waals surface area contributed by atoms with Crippen molar-refractivity contribution in [1.82, 2.24) is 4.90 Å². The van der Waals surface area contributed by atoms with Gasteiger partial charge in [-0.15, -0.1) is 0 Å². The van der Waals surface area contributed by atoms with Crippen molar-refractivity contribution in [3.8, 4) is 0 Å². The quantitative estimate of drug-likeness (QED) is 0.849. The Morgan fingerprint density at radius 1 is 1.32 bits per heavy atom. The Bertz CT molecular complexity index is 407. The van der Waals surface area contributed by atoms with Crippen LogP contribution in [0.5, 0.6) is 0 Å². The maximum Gasteiger partial charge on any atom is 0.303 e. The van der Waals surface area contributed by atoms with Crippen molar-refractivity contribution in [3.63, 3.8) is 0 Å². The van der Waals surface area contributed by atoms with E-state index in [0.717, 1.165) is 26.1 Å². The molecule has 2 unspecified atom stereocenters. The standard InChI is InChI=1S/C15H21NO3/c17-14-8-9-16(10-12-4-2-1-3-5-12)11-13(14)6-7-15(18)19/h1-5,13-14,17H,6-11H2,(H,18,19). The first-order valence-corrected chi connectivity index (χ1v) is 6.81. The number of aliphatic hydroxyl groups is 1. The summed E-state index contributed by atoms with van der Waals surface area (Å²) in [4.78, 5) is 12.9. The number of carbonyl (C=O) groups is 1. The molecule has 0 aliphatic carbocycles. The van der Waals surface area contributed by atoms with Gasteiger partial charge in [-0.25, -0.2) is 0 Å². The highest BCUT2D eigenvalue weighted by atomic mass is 16.4. The lowest BCUT2D eigenvalue weighted by atomic mass is 9.90. The van der Waals surface area contributed by atoms with Crippen LogP contribution >= 0.6 is 0 Å². The maximum atomic E-state index is 10.6. The highest BCUT2D eigenvalue weighted by Crippen LogP contribution is 2.23. The van der Waals surface area contributed by atoms with Gasteiger partial charge < -0.3 is 10.2 Å². The van der Waals surface area contributed by atoms with Crippen LogP contribution in [0, 0.1) is 5.92 Å². The van der Waals surface area contributed by atoms with Crippen molar-refractivity contribution in [2.75, 3.05) is 13.1 Å². The third-order valence-corrected chi connectivity index (χ3v) is 3.76. The molecule has 1 fully saturated rings. The smallest absolute Gasteiger partial charge is 0.303 e. The lowest BCUT2D eigenvalue weighted by Crippen LogP contribution is -2.42. The van der Waals surface area contributed by atoms with E-state index in [1.807, 2.05) is 18.2 Å². The molecule has 0 radical (unpaired) electrons. The van der Waals surface area contributed by atoms with Crippen molar-refractivity contribution < 1.29 is 15.0 Å². The zero-order chi connectivity index (χ0) is 13.7. The summed E-state index contributed by atoms with van der Waals surface area (Å²) in [6.07, 6.45) is 1.08. The number of aliphatic hydroxyl groups excluding tert-OH is 1. The molecule has 104 valence electrons. The molecule has 0 bridgehead atoms. The van der Waals surface area contributed by atoms with Crippen LogP contribution in [0.4, 0.5) is 0 Å². The van der Waals surface area contributed by atoms with Crippen LogP contribution in [0.1, 0.15) is 24.8 Å². The molecule has 0 spiro atoms. The summed E-state index contributed by atoms with van der Waals surface area (Å²) in [6, 6.07) is 10.2. The van der Waals surface area contributed by atoms with E-state index < -0.39 is 5.97 Å². The van der Waals surface area contributed by atoms with E-state index in [-0.39, 0.29) is 18.4 Å². The number of likely N-dealkylation sites (tertiary alicyclic amines) is 1. The number of piperidine rings is 1. The molecule has 1 aliphatic rings. The number of nitrogens with zero attached hydrogens (tertiary/aromatic N) is 1. The highest BCUT2D eigenvalue weighted by molar-refractivity contribution is 5.66. The summed E-state index contributed by atoms with van der Waals surface area (Å²) in [5.41, 5.74) is 1.26. The summed E-state index contributed by atoms with van der Waals surface area (Å²) in [5, 5.41) is 18.7. The SMILES string of the molecule is O=C(O)CCC1CN(Cc2ccccc2)CCC1O. The summed E-state index contributed by atoms with van der Waals surface area (Å²) in [7, 11) is 0. The van der Waals surface area contributed by atoms with Crippen molar-refractivity contribution in [2.24, 2.45) is 5.92 Å². The second-order valence-corrected chi connectivity index (χ2v) is 5.27. The van der Waals surface area contributed by atoms with Gasteiger partial charge in [0.2, 0.25) is 0 Å². The van der Waals surface area contributed by atoms with Gasteiger partial charge >= 0.3 is 5.97 Å². The van der Waals surface area contributed by atoms with E-state index in [2.05, 4.69) is 17.0 Å². The van der Waals surface area contributed by atoms with E-state index in [1.54, 1.807) is 0 Å². The second kappa shape index (κ2) is 6.68. The molecule has 1 heterocycles. The largest absolute Gasteiger partial charge is 0.481 e. The molecule has 1 aliphatic heterocycles. The van der Waals surface area contributed by atoms with Crippen LogP contribution in [0.25, 0.3) is 0 Å². The molecule has 19 heavy (non-hydrogen) atoms. The zero-order valence-electron chi connectivity index (χ0n) is 11.0. The fourth-order valence-corrected chi connectivity index (χ4v) is 2.67. The highest BCUT2D eigenvalue weighted by Gasteiger charge is 2.27. The first-order chi connectivity index (χ1) is 9.15. The number of hydrogen-bond donors (Lipinski definition) is 2. The zero-order valence-corrected chi connectivity index (χ0v) is 11.0. The van der Waals surface area contributed by atoms with Crippen LogP contribution in [0.2, 0.25) is 0 Å². The number of carboxylic acid groups (broad SMARTS) is 1. The van der Waals surface area contributed by atoms with E-state index in [1.165, 1.54) is 5.56 Å². The van der Waals surface area contributed by atoms with Crippen LogP contribution < -0.4 is 0 Å². The molecule has 1 aromatic rings. The molecule has 1 saturated heterocycles. The minimum absolute atomic E-state index is 0.0774. The minimum Gasteiger partial charge on any atom is -0.481 e. The summed E-state index contributed by atoms with van der Waals surface area (Å²) in [6.45, 7) is 2.53. The lowest BCUT2D eigenvalue weighted by molar-refractivity contribution is -0.137. The van der Waals surface area contributed by atoms with Gasteiger partial charge in [0.15, 0.2) is 0 Å². The summed E-state index contributed by atoms with van der Waals surface area (Å²) in [5.74, 6) is -0.707. The Morgan fingerprint density at radius 3 is 2.74 bits per heavy atom. The van der Waals surface area contributed by atoms with Crippen LogP contribution in [0.15, 0.2) is 30.3 Å². The van der Waals surface area contributed by atoms with Gasteiger partial charge in [-0.3, -0.25) is 9.69 Å². The minimum atomic E-state index is -0.785. The number of benzene rings is 1. The van der Waals surface area contributed by atoms with Gasteiger partial charge in [0, 0.05) is 26.1 Å². The van der Waals surface area contributed by atoms with Crippen molar-refractivity contribution in [3.05, 3.63) is 35.9 Å².